The van der Waals surface area contributed by atoms with Gasteiger partial charge in [-0.1, -0.05) is 57.2 Å². The zero-order valence-electron chi connectivity index (χ0n) is 44.1. The predicted octanol–water partition coefficient (Wildman–Crippen LogP) is 8.64. The Balaban J connectivity index is 0.690. The number of carbonyl (C=O) groups is 4. The Morgan fingerprint density at radius 1 is 0.782 bits per heavy atom. The number of hydrogen-bond acceptors (Lipinski definition) is 15. The number of nitrogens with zero attached hydrogens (tertiary/aromatic N) is 3. The van der Waals surface area contributed by atoms with Crippen LogP contribution in [0.5, 0.6) is 17.2 Å². The molecule has 2 aromatic heterocycles. The molecule has 408 valence electrons. The van der Waals surface area contributed by atoms with Gasteiger partial charge in [0.1, 0.15) is 42.5 Å². The van der Waals surface area contributed by atoms with Crippen LogP contribution in [0.4, 0.5) is 0 Å². The maximum Gasteiger partial charge on any atom is 0.271 e. The molecular weight excluding hydrogens is 1030 g/mol. The quantitative estimate of drug-likeness (QED) is 0.0201. The highest BCUT2D eigenvalue weighted by Gasteiger charge is 2.44. The van der Waals surface area contributed by atoms with E-state index in [4.69, 9.17) is 18.9 Å². The minimum Gasteiger partial charge on any atom is -0.508 e. The Morgan fingerprint density at radius 3 is 2.08 bits per heavy atom. The SMILES string of the molecule is Cc1ncsc1-c1ccc([C@H](C)NC(=O)[C@@H]2C[C@@H](O)CN2C(=O)[C@@H](NC(=O)COCCOCCOCCOc2ccc(/C=N/NC(=O)c3ccc(-c4c(-c5ccc(O)cc5)sc5cc(O)ccc45)cc3)cc2)C(C)(C)C)cc1. The average Bonchev–Trinajstić information content (AvgIpc) is 4.20. The number of aliphatic hydroxyl groups is 1. The number of carbonyl (C=O) groups excluding carboxylic acids is 4. The average molecular weight is 1100 g/mol. The van der Waals surface area contributed by atoms with Gasteiger partial charge < -0.3 is 49.8 Å². The molecule has 5 aromatic carbocycles. The number of aromatic nitrogens is 1. The molecule has 0 bridgehead atoms. The molecule has 0 unspecified atom stereocenters. The number of β-amino-alcohol motifs (C(OH)–C–C–N with tert-alkyl or cyclic N) is 1. The summed E-state index contributed by atoms with van der Waals surface area (Å²) in [7, 11) is 0. The molecule has 8 rings (SSSR count). The lowest BCUT2D eigenvalue weighted by atomic mass is 9.85. The lowest BCUT2D eigenvalue weighted by Gasteiger charge is -2.35. The molecule has 1 fully saturated rings. The van der Waals surface area contributed by atoms with E-state index in [0.717, 1.165) is 58.9 Å². The third-order valence-corrected chi connectivity index (χ3v) is 15.2. The molecule has 4 atom stereocenters. The van der Waals surface area contributed by atoms with Crippen LogP contribution >= 0.6 is 22.7 Å². The highest BCUT2D eigenvalue weighted by molar-refractivity contribution is 7.23. The minimum absolute atomic E-state index is 0.0338. The maximum atomic E-state index is 14.0. The van der Waals surface area contributed by atoms with Crippen molar-refractivity contribution < 1.29 is 53.4 Å². The van der Waals surface area contributed by atoms with Gasteiger partial charge in [0.2, 0.25) is 17.7 Å². The number of aliphatic hydroxyl groups excluding tert-OH is 1. The van der Waals surface area contributed by atoms with Crippen LogP contribution in [-0.2, 0) is 28.6 Å². The molecule has 1 aliphatic rings. The summed E-state index contributed by atoms with van der Waals surface area (Å²) in [6.07, 6.45) is 0.725. The number of rotatable bonds is 23. The van der Waals surface area contributed by atoms with Crippen LogP contribution in [0.15, 0.2) is 126 Å². The van der Waals surface area contributed by atoms with Gasteiger partial charge in [-0.3, -0.25) is 19.2 Å². The van der Waals surface area contributed by atoms with E-state index in [9.17, 15) is 34.5 Å². The van der Waals surface area contributed by atoms with E-state index in [1.165, 1.54) is 11.1 Å². The number of hydrazone groups is 1. The smallest absolute Gasteiger partial charge is 0.271 e. The molecule has 17 nitrogen and oxygen atoms in total. The third kappa shape index (κ3) is 14.7. The van der Waals surface area contributed by atoms with Crippen LogP contribution in [0.3, 0.4) is 0 Å². The summed E-state index contributed by atoms with van der Waals surface area (Å²) in [6.45, 7) is 10.5. The molecule has 6 N–H and O–H groups in total. The molecule has 1 aliphatic heterocycles. The number of likely N-dealkylation sites (tertiary alicyclic amines) is 1. The molecule has 4 amide bonds. The summed E-state index contributed by atoms with van der Waals surface area (Å²) in [6, 6.07) is 32.3. The standard InChI is InChI=1S/C59H64N6O11S2/c1-36(39-8-12-41(13-9-39)53-37(2)60-35-77-53)62-57(71)49-30-46(68)33-65(49)58(72)55(59(3,4)5)63-51(69)34-75-27-26-73-24-25-74-28-29-76-47-21-6-38(7-22-47)32-61-64-56(70)43-14-10-40(11-15-43)52-48-23-20-45(67)31-50(48)78-54(52)42-16-18-44(66)19-17-42/h6-23,31-32,35-36,46,49,55,66-68H,24-30,33-34H2,1-5H3,(H,62,71)(H,63,69)(H,64,70)/b61-32+/t36-,46+,49-,55+/m0/s1. The minimum atomic E-state index is -0.988. The van der Waals surface area contributed by atoms with E-state index < -0.39 is 35.4 Å². The number of aryl methyl sites for hydroxylation is 1. The predicted molar refractivity (Wildman–Crippen MR) is 302 cm³/mol. The first-order valence-corrected chi connectivity index (χ1v) is 27.3. The van der Waals surface area contributed by atoms with Gasteiger partial charge >= 0.3 is 0 Å². The summed E-state index contributed by atoms with van der Waals surface area (Å²) >= 11 is 3.11. The molecule has 1 saturated heterocycles. The Hall–Kier alpha value is -7.52. The largest absolute Gasteiger partial charge is 0.508 e. The van der Waals surface area contributed by atoms with E-state index in [1.54, 1.807) is 71.2 Å². The number of phenolic OH excluding ortho intramolecular Hbond substituents is 2. The van der Waals surface area contributed by atoms with E-state index >= 15 is 0 Å². The number of phenols is 2. The molecule has 0 spiro atoms. The van der Waals surface area contributed by atoms with E-state index in [-0.39, 0.29) is 62.1 Å². The fourth-order valence-corrected chi connectivity index (χ4v) is 11.0. The van der Waals surface area contributed by atoms with Gasteiger partial charge in [-0.25, -0.2) is 10.4 Å². The summed E-state index contributed by atoms with van der Waals surface area (Å²) < 4.78 is 23.5. The Bertz CT molecular complexity index is 3190. The lowest BCUT2D eigenvalue weighted by molar-refractivity contribution is -0.144. The van der Waals surface area contributed by atoms with Gasteiger partial charge in [-0.15, -0.1) is 22.7 Å². The monoisotopic (exact) mass is 1100 g/mol. The van der Waals surface area contributed by atoms with E-state index in [0.29, 0.717) is 37.7 Å². The van der Waals surface area contributed by atoms with Crippen LogP contribution in [-0.4, -0.2) is 126 Å². The second-order valence-corrected chi connectivity index (χ2v) is 21.8. The lowest BCUT2D eigenvalue weighted by Crippen LogP contribution is -2.58. The normalized spacial score (nSPS) is 15.3. The summed E-state index contributed by atoms with van der Waals surface area (Å²) in [4.78, 5) is 61.5. The van der Waals surface area contributed by atoms with Crippen molar-refractivity contribution in [3.05, 3.63) is 143 Å². The number of thiazole rings is 1. The van der Waals surface area contributed by atoms with Crippen molar-refractivity contribution in [1.29, 1.82) is 0 Å². The molecular formula is C59H64N6O11S2. The van der Waals surface area contributed by atoms with Crippen molar-refractivity contribution in [3.63, 3.8) is 0 Å². The first kappa shape index (κ1) is 56.7. The summed E-state index contributed by atoms with van der Waals surface area (Å²) in [5.74, 6) is -0.736. The number of benzene rings is 5. The number of nitrogens with one attached hydrogen (secondary N) is 3. The number of aromatic hydroxyl groups is 2. The molecule has 7 aromatic rings. The fourth-order valence-electron chi connectivity index (χ4n) is 8.90. The van der Waals surface area contributed by atoms with Gasteiger partial charge in [0.05, 0.1) is 67.5 Å². The molecule has 0 saturated carbocycles. The number of hydrogen-bond donors (Lipinski definition) is 6. The molecule has 0 aliphatic carbocycles. The first-order chi connectivity index (χ1) is 37.5. The van der Waals surface area contributed by atoms with Crippen molar-refractivity contribution in [2.24, 2.45) is 10.5 Å². The van der Waals surface area contributed by atoms with Crippen LogP contribution in [0.25, 0.3) is 42.1 Å². The van der Waals surface area contributed by atoms with Crippen LogP contribution in [0.1, 0.15) is 67.3 Å². The Labute approximate surface area is 460 Å². The van der Waals surface area contributed by atoms with Gasteiger partial charge in [0, 0.05) is 39.1 Å². The van der Waals surface area contributed by atoms with Crippen molar-refractivity contribution in [1.82, 2.24) is 25.9 Å². The molecule has 78 heavy (non-hydrogen) atoms. The van der Waals surface area contributed by atoms with Crippen LogP contribution in [0, 0.1) is 12.3 Å². The number of thiophene rings is 1. The number of ether oxygens (including phenoxy) is 4. The Kier molecular flexibility index (Phi) is 19.1. The molecule has 19 heteroatoms. The zero-order chi connectivity index (χ0) is 55.3. The van der Waals surface area contributed by atoms with E-state index in [2.05, 4.69) is 26.1 Å². The van der Waals surface area contributed by atoms with Crippen molar-refractivity contribution in [2.75, 3.05) is 52.8 Å². The zero-order valence-corrected chi connectivity index (χ0v) is 45.7. The number of amides is 4. The highest BCUT2D eigenvalue weighted by atomic mass is 32.1. The topological polar surface area (TPSA) is 230 Å². The van der Waals surface area contributed by atoms with Crippen molar-refractivity contribution in [3.8, 4) is 49.3 Å². The fraction of sp³-hybridized carbons (Fsp3) is 0.322. The van der Waals surface area contributed by atoms with Gasteiger partial charge in [-0.2, -0.15) is 5.10 Å². The van der Waals surface area contributed by atoms with Gasteiger partial charge in [0.25, 0.3) is 5.91 Å². The molecule has 0 radical (unpaired) electrons. The first-order valence-electron chi connectivity index (χ1n) is 25.6. The summed E-state index contributed by atoms with van der Waals surface area (Å²) in [5.41, 5.74) is 10.5. The van der Waals surface area contributed by atoms with Crippen LogP contribution in [0.2, 0.25) is 0 Å². The van der Waals surface area contributed by atoms with Crippen molar-refractivity contribution in [2.45, 2.75) is 65.3 Å². The van der Waals surface area contributed by atoms with Crippen LogP contribution < -0.4 is 20.8 Å². The maximum absolute atomic E-state index is 14.0. The summed E-state index contributed by atoms with van der Waals surface area (Å²) in [5, 5.41) is 41.5. The third-order valence-electron chi connectivity index (χ3n) is 13.0. The second-order valence-electron chi connectivity index (χ2n) is 19.9. The molecule has 3 heterocycles. The van der Waals surface area contributed by atoms with Crippen molar-refractivity contribution >= 4 is 62.6 Å². The van der Waals surface area contributed by atoms with Gasteiger partial charge in [0.15, 0.2) is 0 Å². The van der Waals surface area contributed by atoms with Gasteiger partial charge in [-0.05, 0) is 126 Å². The highest BCUT2D eigenvalue weighted by Crippen LogP contribution is 2.46. The second kappa shape index (κ2) is 26.2. The number of fused-ring (bicyclic) bond motifs is 1. The van der Waals surface area contributed by atoms with E-state index in [1.807, 2.05) is 107 Å². The Morgan fingerprint density at radius 2 is 1.41 bits per heavy atom.